The van der Waals surface area contributed by atoms with E-state index in [0.29, 0.717) is 11.7 Å². The molecule has 0 amide bonds. The van der Waals surface area contributed by atoms with Crippen LogP contribution in [0.5, 0.6) is 0 Å². The van der Waals surface area contributed by atoms with Crippen molar-refractivity contribution < 1.29 is 14.6 Å². The van der Waals surface area contributed by atoms with Crippen LogP contribution in [0.1, 0.15) is 45.5 Å². The van der Waals surface area contributed by atoms with Gasteiger partial charge in [-0.25, -0.2) is 0 Å². The van der Waals surface area contributed by atoms with Crippen molar-refractivity contribution in [1.82, 2.24) is 0 Å². The Morgan fingerprint density at radius 3 is 2.61 bits per heavy atom. The van der Waals surface area contributed by atoms with Gasteiger partial charge in [0.1, 0.15) is 11.9 Å². The third kappa shape index (κ3) is 1.27. The van der Waals surface area contributed by atoms with E-state index in [1.165, 1.54) is 0 Å². The summed E-state index contributed by atoms with van der Waals surface area (Å²) in [6, 6.07) is 3.57. The van der Waals surface area contributed by atoms with Crippen LogP contribution in [0.25, 0.3) is 0 Å². The molecule has 5 atom stereocenters. The van der Waals surface area contributed by atoms with Crippen molar-refractivity contribution in [1.29, 1.82) is 0 Å². The average Bonchev–Trinajstić information content (AvgIpc) is 2.94. The Kier molecular flexibility index (Phi) is 2.46. The lowest BCUT2D eigenvalue weighted by atomic mass is 9.70. The zero-order valence-electron chi connectivity index (χ0n) is 11.3. The molecule has 3 heteroatoms. The summed E-state index contributed by atoms with van der Waals surface area (Å²) in [5, 5.41) is 21.1. The van der Waals surface area contributed by atoms with Gasteiger partial charge in [-0.05, 0) is 41.7 Å². The second kappa shape index (κ2) is 3.61. The van der Waals surface area contributed by atoms with Gasteiger partial charge in [0.25, 0.3) is 0 Å². The molecule has 2 saturated carbocycles. The Hall–Kier alpha value is -0.800. The number of aliphatic hydroxyl groups is 2. The molecule has 0 aliphatic heterocycles. The molecular weight excluding hydrogens is 228 g/mol. The molecule has 2 aliphatic carbocycles. The highest BCUT2D eigenvalue weighted by atomic mass is 16.4. The lowest BCUT2D eigenvalue weighted by Crippen LogP contribution is -2.39. The van der Waals surface area contributed by atoms with Crippen LogP contribution in [0.4, 0.5) is 0 Å². The summed E-state index contributed by atoms with van der Waals surface area (Å²) in [5.41, 5.74) is -0.0133. The fourth-order valence-corrected chi connectivity index (χ4v) is 4.45. The van der Waals surface area contributed by atoms with Gasteiger partial charge in [0.15, 0.2) is 0 Å². The Morgan fingerprint density at radius 1 is 1.39 bits per heavy atom. The summed E-state index contributed by atoms with van der Waals surface area (Å²) in [7, 11) is 0. The molecule has 0 saturated heterocycles. The van der Waals surface area contributed by atoms with Crippen LogP contribution in [0.15, 0.2) is 22.8 Å². The fourth-order valence-electron chi connectivity index (χ4n) is 4.45. The van der Waals surface area contributed by atoms with E-state index < -0.39 is 12.2 Å². The first-order valence-corrected chi connectivity index (χ1v) is 6.79. The Morgan fingerprint density at radius 2 is 2.11 bits per heavy atom. The minimum absolute atomic E-state index is 0.0741. The third-order valence-electron chi connectivity index (χ3n) is 6.05. The highest BCUT2D eigenvalue weighted by Gasteiger charge is 2.67. The van der Waals surface area contributed by atoms with Crippen LogP contribution in [0.2, 0.25) is 0 Å². The van der Waals surface area contributed by atoms with Crippen molar-refractivity contribution in [2.75, 3.05) is 0 Å². The molecule has 1 heterocycles. The van der Waals surface area contributed by atoms with E-state index in [1.807, 2.05) is 0 Å². The maximum absolute atomic E-state index is 10.6. The van der Waals surface area contributed by atoms with E-state index in [1.54, 1.807) is 18.4 Å². The molecule has 0 spiro atoms. The minimum atomic E-state index is -0.693. The van der Waals surface area contributed by atoms with E-state index in [2.05, 4.69) is 20.8 Å². The van der Waals surface area contributed by atoms with Gasteiger partial charge in [0, 0.05) is 5.92 Å². The van der Waals surface area contributed by atoms with Crippen LogP contribution < -0.4 is 0 Å². The van der Waals surface area contributed by atoms with Crippen LogP contribution in [0, 0.1) is 22.7 Å². The zero-order valence-corrected chi connectivity index (χ0v) is 11.3. The number of aliphatic hydroxyl groups excluding tert-OH is 2. The molecule has 2 N–H and O–H groups in total. The second-order valence-electron chi connectivity index (χ2n) is 6.77. The topological polar surface area (TPSA) is 53.6 Å². The first kappa shape index (κ1) is 12.2. The molecule has 1 aromatic heterocycles. The molecule has 2 bridgehead atoms. The Bertz CT molecular complexity index is 437. The lowest BCUT2D eigenvalue weighted by Gasteiger charge is -2.37. The molecule has 1 aromatic rings. The zero-order chi connectivity index (χ0) is 13.1. The van der Waals surface area contributed by atoms with Gasteiger partial charge in [-0.15, -0.1) is 0 Å². The number of furan rings is 1. The largest absolute Gasteiger partial charge is 0.467 e. The first-order chi connectivity index (χ1) is 8.39. The Balaban J connectivity index is 1.96. The summed E-state index contributed by atoms with van der Waals surface area (Å²) < 4.78 is 5.30. The number of hydrogen-bond donors (Lipinski definition) is 2. The van der Waals surface area contributed by atoms with E-state index in [0.717, 1.165) is 12.8 Å². The molecule has 2 fully saturated rings. The summed E-state index contributed by atoms with van der Waals surface area (Å²) >= 11 is 0. The monoisotopic (exact) mass is 250 g/mol. The van der Waals surface area contributed by atoms with Gasteiger partial charge in [0.2, 0.25) is 0 Å². The molecule has 3 nitrogen and oxygen atoms in total. The van der Waals surface area contributed by atoms with Gasteiger partial charge in [0.05, 0.1) is 12.4 Å². The second-order valence-corrected chi connectivity index (χ2v) is 6.77. The molecule has 18 heavy (non-hydrogen) atoms. The van der Waals surface area contributed by atoms with Crippen LogP contribution >= 0.6 is 0 Å². The molecular formula is C15H22O3. The van der Waals surface area contributed by atoms with Gasteiger partial charge in [-0.2, -0.15) is 0 Å². The smallest absolute Gasteiger partial charge is 0.132 e. The van der Waals surface area contributed by atoms with Crippen molar-refractivity contribution >= 4 is 0 Å². The standard InChI is InChI=1S/C15H22O3/c1-14(2)9-6-7-15(14,3)13(17)11(9)12(16)10-5-4-8-18-10/h4-5,8-9,11-13,16-17H,6-7H2,1-3H3/t9-,11+,12?,13-,15+/m1/s1. The predicted octanol–water partition coefficient (Wildman–Crippen LogP) is 2.75. The average molecular weight is 250 g/mol. The van der Waals surface area contributed by atoms with E-state index in [-0.39, 0.29) is 16.7 Å². The summed E-state index contributed by atoms with van der Waals surface area (Å²) in [4.78, 5) is 0. The number of fused-ring (bicyclic) bond motifs is 2. The summed E-state index contributed by atoms with van der Waals surface area (Å²) in [6.45, 7) is 6.61. The molecule has 1 unspecified atom stereocenters. The van der Waals surface area contributed by atoms with Crippen molar-refractivity contribution in [3.05, 3.63) is 24.2 Å². The van der Waals surface area contributed by atoms with Gasteiger partial charge >= 0.3 is 0 Å². The van der Waals surface area contributed by atoms with Crippen molar-refractivity contribution in [3.63, 3.8) is 0 Å². The van der Waals surface area contributed by atoms with Crippen LogP contribution in [-0.2, 0) is 0 Å². The number of hydrogen-bond acceptors (Lipinski definition) is 3. The van der Waals surface area contributed by atoms with Gasteiger partial charge in [-0.3, -0.25) is 0 Å². The van der Waals surface area contributed by atoms with Crippen LogP contribution in [0.3, 0.4) is 0 Å². The number of rotatable bonds is 2. The third-order valence-corrected chi connectivity index (χ3v) is 6.05. The quantitative estimate of drug-likeness (QED) is 0.848. The maximum atomic E-state index is 10.6. The maximum Gasteiger partial charge on any atom is 0.132 e. The fraction of sp³-hybridized carbons (Fsp3) is 0.733. The lowest BCUT2D eigenvalue weighted by molar-refractivity contribution is -0.0569. The first-order valence-electron chi connectivity index (χ1n) is 6.79. The van der Waals surface area contributed by atoms with Crippen LogP contribution in [-0.4, -0.2) is 16.3 Å². The van der Waals surface area contributed by atoms with Gasteiger partial charge < -0.3 is 14.6 Å². The molecule has 0 aromatic carbocycles. The predicted molar refractivity (Wildman–Crippen MR) is 67.8 cm³/mol. The molecule has 100 valence electrons. The normalized spacial score (nSPS) is 43.3. The molecule has 3 rings (SSSR count). The van der Waals surface area contributed by atoms with Crippen molar-refractivity contribution in [3.8, 4) is 0 Å². The van der Waals surface area contributed by atoms with Crippen molar-refractivity contribution in [2.45, 2.75) is 45.8 Å². The highest BCUT2D eigenvalue weighted by molar-refractivity contribution is 5.18. The summed E-state index contributed by atoms with van der Waals surface area (Å²) in [5.74, 6) is 0.827. The van der Waals surface area contributed by atoms with Gasteiger partial charge in [-0.1, -0.05) is 20.8 Å². The van der Waals surface area contributed by atoms with E-state index >= 15 is 0 Å². The SMILES string of the molecule is CC1(C)[C@@H]2CC[C@@]1(C)[C@H](O)[C@@H]2C(O)c1ccco1. The molecule has 0 radical (unpaired) electrons. The Labute approximate surface area is 108 Å². The molecule has 2 aliphatic rings. The van der Waals surface area contributed by atoms with E-state index in [9.17, 15) is 10.2 Å². The highest BCUT2D eigenvalue weighted by Crippen LogP contribution is 2.69. The summed E-state index contributed by atoms with van der Waals surface area (Å²) in [6.07, 6.45) is 2.56. The van der Waals surface area contributed by atoms with E-state index in [4.69, 9.17) is 4.42 Å². The van der Waals surface area contributed by atoms with Crippen molar-refractivity contribution in [2.24, 2.45) is 22.7 Å². The minimum Gasteiger partial charge on any atom is -0.467 e.